The maximum Gasteiger partial charge on any atom is 0.241 e. The summed E-state index contributed by atoms with van der Waals surface area (Å²) in [6.45, 7) is 7.94. The van der Waals surface area contributed by atoms with Crippen LogP contribution in [0.1, 0.15) is 46.1 Å². The molecule has 0 radical (unpaired) electrons. The molecule has 0 aliphatic heterocycles. The molecule has 0 bridgehead atoms. The van der Waals surface area contributed by atoms with Crippen LogP contribution in [0.5, 0.6) is 0 Å². The zero-order valence-electron chi connectivity index (χ0n) is 13.4. The molecule has 4 nitrogen and oxygen atoms in total. The minimum Gasteiger partial charge on any atom is -0.396 e. The van der Waals surface area contributed by atoms with Gasteiger partial charge < -0.3 is 5.11 Å². The van der Waals surface area contributed by atoms with Gasteiger partial charge in [0.25, 0.3) is 0 Å². The molecule has 0 saturated carbocycles. The number of sulfonamides is 1. The molecule has 21 heavy (non-hydrogen) atoms. The maximum absolute atomic E-state index is 12.4. The lowest BCUT2D eigenvalue weighted by molar-refractivity contribution is 0.233. The van der Waals surface area contributed by atoms with Crippen molar-refractivity contribution in [3.8, 4) is 0 Å². The maximum atomic E-state index is 12.4. The highest BCUT2D eigenvalue weighted by Gasteiger charge is 2.28. The molecular weight excluding hydrogens is 286 g/mol. The summed E-state index contributed by atoms with van der Waals surface area (Å²) in [5.74, 6) is 0.540. The Morgan fingerprint density at radius 2 is 1.81 bits per heavy atom. The molecule has 0 aliphatic rings. The van der Waals surface area contributed by atoms with Gasteiger partial charge >= 0.3 is 0 Å². The predicted molar refractivity (Wildman–Crippen MR) is 85.7 cm³/mol. The standard InChI is InChI=1S/C16H27NO3S/c1-5-16(4,10-11-18)17-21(19,20)15-8-6-14(7-9-15)12-13(2)3/h6-9,13,17-18H,5,10-12H2,1-4H3. The van der Waals surface area contributed by atoms with Crippen LogP contribution in [0.2, 0.25) is 0 Å². The fourth-order valence-electron chi connectivity index (χ4n) is 2.21. The molecule has 5 heteroatoms. The van der Waals surface area contributed by atoms with E-state index in [1.807, 2.05) is 26.0 Å². The summed E-state index contributed by atoms with van der Waals surface area (Å²) in [5.41, 5.74) is 0.516. The van der Waals surface area contributed by atoms with Crippen LogP contribution in [-0.2, 0) is 16.4 Å². The predicted octanol–water partition coefficient (Wildman–Crippen LogP) is 2.71. The summed E-state index contributed by atoms with van der Waals surface area (Å²) in [6, 6.07) is 7.03. The van der Waals surface area contributed by atoms with Crippen LogP contribution in [0.4, 0.5) is 0 Å². The first-order valence-electron chi connectivity index (χ1n) is 7.46. The van der Waals surface area contributed by atoms with E-state index >= 15 is 0 Å². The van der Waals surface area contributed by atoms with Crippen molar-refractivity contribution in [3.63, 3.8) is 0 Å². The first-order chi connectivity index (χ1) is 9.72. The van der Waals surface area contributed by atoms with Gasteiger partial charge in [0.05, 0.1) is 4.90 Å². The van der Waals surface area contributed by atoms with E-state index in [1.165, 1.54) is 0 Å². The molecule has 0 spiro atoms. The van der Waals surface area contributed by atoms with Crippen LogP contribution in [0.3, 0.4) is 0 Å². The monoisotopic (exact) mass is 313 g/mol. The van der Waals surface area contributed by atoms with E-state index in [9.17, 15) is 8.42 Å². The second-order valence-electron chi connectivity index (χ2n) is 6.24. The number of aliphatic hydroxyl groups excluding tert-OH is 1. The van der Waals surface area contributed by atoms with Crippen molar-refractivity contribution >= 4 is 10.0 Å². The number of aliphatic hydroxyl groups is 1. The highest BCUT2D eigenvalue weighted by atomic mass is 32.2. The van der Waals surface area contributed by atoms with Gasteiger partial charge in [0.2, 0.25) is 10.0 Å². The van der Waals surface area contributed by atoms with E-state index in [-0.39, 0.29) is 11.5 Å². The minimum absolute atomic E-state index is 0.0415. The van der Waals surface area contributed by atoms with Gasteiger partial charge in [-0.3, -0.25) is 0 Å². The molecule has 0 fully saturated rings. The second kappa shape index (κ2) is 7.38. The van der Waals surface area contributed by atoms with Crippen molar-refractivity contribution in [2.75, 3.05) is 6.61 Å². The van der Waals surface area contributed by atoms with E-state index < -0.39 is 15.6 Å². The molecule has 1 unspecified atom stereocenters. The zero-order valence-corrected chi connectivity index (χ0v) is 14.2. The van der Waals surface area contributed by atoms with Crippen molar-refractivity contribution < 1.29 is 13.5 Å². The van der Waals surface area contributed by atoms with Crippen molar-refractivity contribution in [1.29, 1.82) is 0 Å². The van der Waals surface area contributed by atoms with Crippen LogP contribution < -0.4 is 4.72 Å². The Bertz CT molecular complexity index is 537. The van der Waals surface area contributed by atoms with Gasteiger partial charge in [0, 0.05) is 12.1 Å². The summed E-state index contributed by atoms with van der Waals surface area (Å²) < 4.78 is 27.6. The zero-order chi connectivity index (χ0) is 16.1. The highest BCUT2D eigenvalue weighted by Crippen LogP contribution is 2.20. The molecule has 1 aromatic carbocycles. The fraction of sp³-hybridized carbons (Fsp3) is 0.625. The Morgan fingerprint density at radius 1 is 1.24 bits per heavy atom. The van der Waals surface area contributed by atoms with E-state index in [2.05, 4.69) is 18.6 Å². The van der Waals surface area contributed by atoms with Crippen LogP contribution in [0, 0.1) is 5.92 Å². The van der Waals surface area contributed by atoms with E-state index in [1.54, 1.807) is 12.1 Å². The second-order valence-corrected chi connectivity index (χ2v) is 7.92. The summed E-state index contributed by atoms with van der Waals surface area (Å²) in [5, 5.41) is 9.09. The molecule has 2 N–H and O–H groups in total. The van der Waals surface area contributed by atoms with Crippen LogP contribution in [-0.4, -0.2) is 25.7 Å². The first kappa shape index (κ1) is 18.1. The molecule has 0 aliphatic carbocycles. The number of benzene rings is 1. The highest BCUT2D eigenvalue weighted by molar-refractivity contribution is 7.89. The summed E-state index contributed by atoms with van der Waals surface area (Å²) in [7, 11) is -3.56. The number of rotatable bonds is 8. The van der Waals surface area contributed by atoms with Gasteiger partial charge in [-0.1, -0.05) is 32.9 Å². The Morgan fingerprint density at radius 3 is 2.24 bits per heavy atom. The van der Waals surface area contributed by atoms with Crippen molar-refractivity contribution in [2.45, 2.75) is 57.4 Å². The van der Waals surface area contributed by atoms with Gasteiger partial charge in [-0.2, -0.15) is 0 Å². The molecule has 0 saturated heterocycles. The number of hydrogen-bond donors (Lipinski definition) is 2. The third-order valence-electron chi connectivity index (χ3n) is 3.70. The van der Waals surface area contributed by atoms with Crippen molar-refractivity contribution in [3.05, 3.63) is 29.8 Å². The summed E-state index contributed by atoms with van der Waals surface area (Å²) >= 11 is 0. The Kier molecular flexibility index (Phi) is 6.38. The smallest absolute Gasteiger partial charge is 0.241 e. The first-order valence-corrected chi connectivity index (χ1v) is 8.94. The van der Waals surface area contributed by atoms with Crippen LogP contribution >= 0.6 is 0 Å². The fourth-order valence-corrected chi connectivity index (χ4v) is 3.71. The van der Waals surface area contributed by atoms with E-state index in [0.717, 1.165) is 12.0 Å². The lowest BCUT2D eigenvalue weighted by atomic mass is 9.97. The molecule has 0 amide bonds. The van der Waals surface area contributed by atoms with Crippen molar-refractivity contribution in [1.82, 2.24) is 4.72 Å². The van der Waals surface area contributed by atoms with Gasteiger partial charge in [0.15, 0.2) is 0 Å². The SMILES string of the molecule is CCC(C)(CCO)NS(=O)(=O)c1ccc(CC(C)C)cc1. The normalized spacial score (nSPS) is 15.1. The molecule has 120 valence electrons. The minimum atomic E-state index is -3.56. The molecular formula is C16H27NO3S. The summed E-state index contributed by atoms with van der Waals surface area (Å²) in [4.78, 5) is 0.271. The third-order valence-corrected chi connectivity index (χ3v) is 5.36. The molecule has 1 rings (SSSR count). The largest absolute Gasteiger partial charge is 0.396 e. The third kappa shape index (κ3) is 5.41. The van der Waals surface area contributed by atoms with Gasteiger partial charge in [0.1, 0.15) is 0 Å². The average molecular weight is 313 g/mol. The quantitative estimate of drug-likeness (QED) is 0.775. The van der Waals surface area contributed by atoms with Crippen LogP contribution in [0.15, 0.2) is 29.2 Å². The van der Waals surface area contributed by atoms with Crippen LogP contribution in [0.25, 0.3) is 0 Å². The number of hydrogen-bond acceptors (Lipinski definition) is 3. The molecule has 1 atom stereocenters. The number of nitrogens with one attached hydrogen (secondary N) is 1. The van der Waals surface area contributed by atoms with Gasteiger partial charge in [-0.25, -0.2) is 13.1 Å². The van der Waals surface area contributed by atoms with E-state index in [0.29, 0.717) is 18.8 Å². The van der Waals surface area contributed by atoms with Gasteiger partial charge in [-0.05, 0) is 49.8 Å². The van der Waals surface area contributed by atoms with E-state index in [4.69, 9.17) is 5.11 Å². The Labute approximate surface area is 128 Å². The Balaban J connectivity index is 2.92. The Hall–Kier alpha value is -0.910. The molecule has 0 heterocycles. The molecule has 0 aromatic heterocycles. The molecule has 1 aromatic rings. The average Bonchev–Trinajstić information content (AvgIpc) is 2.38. The van der Waals surface area contributed by atoms with Crippen molar-refractivity contribution in [2.24, 2.45) is 5.92 Å². The summed E-state index contributed by atoms with van der Waals surface area (Å²) in [6.07, 6.45) is 1.96. The van der Waals surface area contributed by atoms with Gasteiger partial charge in [-0.15, -0.1) is 0 Å². The topological polar surface area (TPSA) is 66.4 Å². The lowest BCUT2D eigenvalue weighted by Gasteiger charge is -2.28. The lowest BCUT2D eigenvalue weighted by Crippen LogP contribution is -2.46.